The van der Waals surface area contributed by atoms with E-state index in [1.165, 1.54) is 6.07 Å². The van der Waals surface area contributed by atoms with Gasteiger partial charge in [-0.15, -0.1) is 11.6 Å². The van der Waals surface area contributed by atoms with Gasteiger partial charge in [0.05, 0.1) is 20.5 Å². The summed E-state index contributed by atoms with van der Waals surface area (Å²) >= 11 is 8.01. The lowest BCUT2D eigenvalue weighted by Gasteiger charge is -2.10. The monoisotopic (exact) mass is 414 g/mol. The van der Waals surface area contributed by atoms with E-state index in [2.05, 4.69) is 23.2 Å². The highest BCUT2D eigenvalue weighted by atomic mass is 127. The third-order valence-electron chi connectivity index (χ3n) is 3.35. The summed E-state index contributed by atoms with van der Waals surface area (Å²) in [5.41, 5.74) is 4.77. The third kappa shape index (κ3) is 2.66. The molecular formula is C16H13ClFIN2. The van der Waals surface area contributed by atoms with E-state index in [-0.39, 0.29) is 11.7 Å². The molecule has 1 aromatic heterocycles. The van der Waals surface area contributed by atoms with Crippen molar-refractivity contribution in [3.8, 4) is 5.69 Å². The Balaban J connectivity index is 2.36. The van der Waals surface area contributed by atoms with E-state index >= 15 is 0 Å². The van der Waals surface area contributed by atoms with Crippen LogP contribution in [0.2, 0.25) is 0 Å². The van der Waals surface area contributed by atoms with E-state index in [4.69, 9.17) is 11.6 Å². The largest absolute Gasteiger partial charge is 0.295 e. The van der Waals surface area contributed by atoms with Gasteiger partial charge in [0, 0.05) is 11.8 Å². The van der Waals surface area contributed by atoms with Gasteiger partial charge in [-0.1, -0.05) is 6.07 Å². The minimum Gasteiger partial charge on any atom is -0.295 e. The van der Waals surface area contributed by atoms with Crippen molar-refractivity contribution in [3.05, 3.63) is 56.7 Å². The zero-order valence-corrected chi connectivity index (χ0v) is 14.5. The zero-order chi connectivity index (χ0) is 15.1. The first-order valence-electron chi connectivity index (χ1n) is 6.50. The molecule has 0 saturated carbocycles. The molecule has 0 amide bonds. The van der Waals surface area contributed by atoms with Crippen molar-refractivity contribution in [2.45, 2.75) is 19.7 Å². The minimum absolute atomic E-state index is 0.241. The maximum Gasteiger partial charge on any atom is 0.138 e. The second kappa shape index (κ2) is 5.57. The fourth-order valence-corrected chi connectivity index (χ4v) is 3.21. The lowest BCUT2D eigenvalue weighted by molar-refractivity contribution is 0.622. The number of hydrogen-bond acceptors (Lipinski definition) is 1. The molecule has 3 aromatic rings. The Morgan fingerprint density at radius 2 is 1.81 bits per heavy atom. The summed E-state index contributed by atoms with van der Waals surface area (Å²) in [7, 11) is 0. The number of aryl methyl sites for hydroxylation is 2. The number of halogens is 3. The van der Waals surface area contributed by atoms with E-state index in [0.29, 0.717) is 3.57 Å². The van der Waals surface area contributed by atoms with Crippen LogP contribution in [-0.2, 0) is 5.88 Å². The average Bonchev–Trinajstić information content (AvgIpc) is 2.75. The van der Waals surface area contributed by atoms with Crippen molar-refractivity contribution in [3.63, 3.8) is 0 Å². The molecule has 108 valence electrons. The molecule has 0 spiro atoms. The van der Waals surface area contributed by atoms with Crippen molar-refractivity contribution in [2.75, 3.05) is 0 Å². The number of rotatable bonds is 2. The van der Waals surface area contributed by atoms with Crippen LogP contribution in [0.1, 0.15) is 17.0 Å². The molecule has 2 nitrogen and oxygen atoms in total. The van der Waals surface area contributed by atoms with Crippen molar-refractivity contribution in [1.29, 1.82) is 0 Å². The van der Waals surface area contributed by atoms with Crippen LogP contribution in [0.4, 0.5) is 4.39 Å². The van der Waals surface area contributed by atoms with Gasteiger partial charge in [0.25, 0.3) is 0 Å². The van der Waals surface area contributed by atoms with Gasteiger partial charge in [0.2, 0.25) is 0 Å². The van der Waals surface area contributed by atoms with Crippen LogP contribution in [-0.4, -0.2) is 9.55 Å². The molecule has 0 fully saturated rings. The molecule has 0 aliphatic heterocycles. The van der Waals surface area contributed by atoms with Crippen LogP contribution < -0.4 is 0 Å². The molecule has 0 aliphatic rings. The SMILES string of the molecule is Cc1cc(C)cc(-n2c(CCl)nc3cc(I)c(F)cc32)c1. The van der Waals surface area contributed by atoms with Gasteiger partial charge in [-0.05, 0) is 65.8 Å². The van der Waals surface area contributed by atoms with Crippen molar-refractivity contribution < 1.29 is 4.39 Å². The van der Waals surface area contributed by atoms with Gasteiger partial charge in [-0.2, -0.15) is 0 Å². The molecule has 3 rings (SSSR count). The van der Waals surface area contributed by atoms with Crippen LogP contribution in [0.15, 0.2) is 30.3 Å². The standard InChI is InChI=1S/C16H13ClFIN2/c1-9-3-10(2)5-11(4-9)21-15-6-12(18)13(19)7-14(15)20-16(21)8-17/h3-7H,8H2,1-2H3. The van der Waals surface area contributed by atoms with Gasteiger partial charge < -0.3 is 0 Å². The molecule has 0 bridgehead atoms. The number of imidazole rings is 1. The van der Waals surface area contributed by atoms with Gasteiger partial charge in [0.1, 0.15) is 11.6 Å². The molecule has 0 saturated heterocycles. The molecule has 0 radical (unpaired) electrons. The summed E-state index contributed by atoms with van der Waals surface area (Å²) in [5, 5.41) is 0. The Morgan fingerprint density at radius 1 is 1.14 bits per heavy atom. The smallest absolute Gasteiger partial charge is 0.138 e. The van der Waals surface area contributed by atoms with Crippen molar-refractivity contribution in [1.82, 2.24) is 9.55 Å². The Morgan fingerprint density at radius 3 is 2.43 bits per heavy atom. The molecule has 0 atom stereocenters. The molecule has 1 heterocycles. The maximum absolute atomic E-state index is 13.9. The Hall–Kier alpha value is -1.14. The molecular weight excluding hydrogens is 402 g/mol. The first kappa shape index (κ1) is 14.8. The number of nitrogens with zero attached hydrogens (tertiary/aromatic N) is 2. The highest BCUT2D eigenvalue weighted by Crippen LogP contribution is 2.27. The van der Waals surface area contributed by atoms with Crippen molar-refractivity contribution in [2.24, 2.45) is 0 Å². The predicted octanol–water partition coefficient (Wildman–Crippen LogP) is 5.12. The lowest BCUT2D eigenvalue weighted by Crippen LogP contribution is -2.00. The van der Waals surface area contributed by atoms with Crippen LogP contribution in [0.3, 0.4) is 0 Å². The zero-order valence-electron chi connectivity index (χ0n) is 11.6. The van der Waals surface area contributed by atoms with Gasteiger partial charge in [-0.3, -0.25) is 4.57 Å². The minimum atomic E-state index is -0.241. The van der Waals surface area contributed by atoms with E-state index in [1.54, 1.807) is 6.07 Å². The third-order valence-corrected chi connectivity index (χ3v) is 4.42. The first-order valence-corrected chi connectivity index (χ1v) is 8.12. The molecule has 2 aromatic carbocycles. The Bertz CT molecular complexity index is 822. The highest BCUT2D eigenvalue weighted by molar-refractivity contribution is 14.1. The first-order chi connectivity index (χ1) is 9.99. The number of hydrogen-bond donors (Lipinski definition) is 0. The van der Waals surface area contributed by atoms with Gasteiger partial charge >= 0.3 is 0 Å². The van der Waals surface area contributed by atoms with Gasteiger partial charge in [-0.25, -0.2) is 9.37 Å². The summed E-state index contributed by atoms with van der Waals surface area (Å²) in [4.78, 5) is 4.53. The predicted molar refractivity (Wildman–Crippen MR) is 92.8 cm³/mol. The molecule has 21 heavy (non-hydrogen) atoms. The second-order valence-electron chi connectivity index (χ2n) is 5.10. The number of alkyl halides is 1. The maximum atomic E-state index is 13.9. The average molecular weight is 415 g/mol. The van der Waals surface area contributed by atoms with E-state index in [0.717, 1.165) is 33.7 Å². The van der Waals surface area contributed by atoms with E-state index < -0.39 is 0 Å². The van der Waals surface area contributed by atoms with Crippen molar-refractivity contribution >= 4 is 45.2 Å². The summed E-state index contributed by atoms with van der Waals surface area (Å²) in [6, 6.07) is 9.49. The van der Waals surface area contributed by atoms with Crippen LogP contribution in [0.5, 0.6) is 0 Å². The summed E-state index contributed by atoms with van der Waals surface area (Å²) in [6.45, 7) is 4.08. The molecule has 5 heteroatoms. The summed E-state index contributed by atoms with van der Waals surface area (Å²) in [5.74, 6) is 0.757. The Kier molecular flexibility index (Phi) is 3.92. The normalized spacial score (nSPS) is 11.3. The number of aromatic nitrogens is 2. The van der Waals surface area contributed by atoms with Crippen LogP contribution in [0.25, 0.3) is 16.7 Å². The summed E-state index contributed by atoms with van der Waals surface area (Å²) in [6.07, 6.45) is 0. The van der Waals surface area contributed by atoms with E-state index in [1.807, 2.05) is 41.0 Å². The number of fused-ring (bicyclic) bond motifs is 1. The van der Waals surface area contributed by atoms with Crippen LogP contribution in [0, 0.1) is 23.2 Å². The fraction of sp³-hybridized carbons (Fsp3) is 0.188. The lowest BCUT2D eigenvalue weighted by atomic mass is 10.1. The number of benzene rings is 2. The summed E-state index contributed by atoms with van der Waals surface area (Å²) < 4.78 is 16.4. The topological polar surface area (TPSA) is 17.8 Å². The molecule has 0 unspecified atom stereocenters. The second-order valence-corrected chi connectivity index (χ2v) is 6.53. The molecule has 0 N–H and O–H groups in total. The van der Waals surface area contributed by atoms with Crippen LogP contribution >= 0.6 is 34.2 Å². The van der Waals surface area contributed by atoms with E-state index in [9.17, 15) is 4.39 Å². The Labute approximate surface area is 141 Å². The molecule has 0 aliphatic carbocycles. The van der Waals surface area contributed by atoms with Gasteiger partial charge in [0.15, 0.2) is 0 Å². The highest BCUT2D eigenvalue weighted by Gasteiger charge is 2.14. The fourth-order valence-electron chi connectivity index (χ4n) is 2.58. The quantitative estimate of drug-likeness (QED) is 0.420.